The molecule has 0 radical (unpaired) electrons. The number of nitrogens with one attached hydrogen (secondary N) is 1. The summed E-state index contributed by atoms with van der Waals surface area (Å²) in [6.07, 6.45) is 0.356. The first-order chi connectivity index (χ1) is 8.87. The molecule has 1 rings (SSSR count). The Morgan fingerprint density at radius 3 is 2.84 bits per heavy atom. The van der Waals surface area contributed by atoms with E-state index in [1.54, 1.807) is 6.92 Å². The fourth-order valence-electron chi connectivity index (χ4n) is 1.48. The maximum Gasteiger partial charge on any atom is 0.255 e. The molecule has 0 heterocycles. The number of benzene rings is 1. The number of hydrogen-bond donors (Lipinski definition) is 2. The highest BCUT2D eigenvalue weighted by atomic mass is 35.5. The van der Waals surface area contributed by atoms with Crippen molar-refractivity contribution in [1.82, 2.24) is 5.32 Å². The zero-order valence-corrected chi connectivity index (χ0v) is 11.6. The summed E-state index contributed by atoms with van der Waals surface area (Å²) in [6, 6.07) is 4.01. The van der Waals surface area contributed by atoms with Crippen LogP contribution < -0.4 is 5.32 Å². The van der Waals surface area contributed by atoms with Gasteiger partial charge in [0.2, 0.25) is 0 Å². The summed E-state index contributed by atoms with van der Waals surface area (Å²) in [7, 11) is 1.52. The van der Waals surface area contributed by atoms with E-state index < -0.39 is 17.3 Å². The van der Waals surface area contributed by atoms with E-state index in [4.69, 9.17) is 16.3 Å². The van der Waals surface area contributed by atoms with E-state index in [1.807, 2.05) is 0 Å². The Bertz CT molecular complexity index is 431. The average molecular weight is 290 g/mol. The molecule has 0 saturated heterocycles. The van der Waals surface area contributed by atoms with Crippen molar-refractivity contribution in [2.45, 2.75) is 18.9 Å². The van der Waals surface area contributed by atoms with Gasteiger partial charge in [-0.15, -0.1) is 0 Å². The molecule has 0 bridgehead atoms. The van der Waals surface area contributed by atoms with E-state index in [9.17, 15) is 14.3 Å². The van der Waals surface area contributed by atoms with Crippen molar-refractivity contribution in [3.8, 4) is 0 Å². The number of carbonyl (C=O) groups is 1. The number of aliphatic hydroxyl groups is 1. The van der Waals surface area contributed by atoms with Crippen molar-refractivity contribution in [1.29, 1.82) is 0 Å². The summed E-state index contributed by atoms with van der Waals surface area (Å²) in [6.45, 7) is 1.92. The second kappa shape index (κ2) is 6.84. The van der Waals surface area contributed by atoms with Gasteiger partial charge in [-0.2, -0.15) is 0 Å². The van der Waals surface area contributed by atoms with Gasteiger partial charge in [-0.05, 0) is 19.1 Å². The maximum atomic E-state index is 13.5. The molecule has 1 amide bonds. The minimum Gasteiger partial charge on any atom is -0.388 e. The molecule has 1 atom stereocenters. The van der Waals surface area contributed by atoms with Gasteiger partial charge in [0.15, 0.2) is 0 Å². The number of halogens is 2. The Labute approximate surface area is 116 Å². The van der Waals surface area contributed by atoms with Crippen LogP contribution in [0.25, 0.3) is 0 Å². The Hall–Kier alpha value is -1.17. The summed E-state index contributed by atoms with van der Waals surface area (Å²) in [5.74, 6) is -1.35. The molecule has 0 saturated carbocycles. The third-order valence-corrected chi connectivity index (χ3v) is 2.98. The van der Waals surface area contributed by atoms with Gasteiger partial charge in [-0.1, -0.05) is 17.7 Å². The monoisotopic (exact) mass is 289 g/mol. The third kappa shape index (κ3) is 4.78. The molecule has 1 unspecified atom stereocenters. The first-order valence-corrected chi connectivity index (χ1v) is 6.19. The molecular formula is C13H17ClFNO3. The Kier molecular flexibility index (Phi) is 5.72. The van der Waals surface area contributed by atoms with Crippen LogP contribution in [0.5, 0.6) is 0 Å². The van der Waals surface area contributed by atoms with Gasteiger partial charge >= 0.3 is 0 Å². The summed E-state index contributed by atoms with van der Waals surface area (Å²) >= 11 is 5.77. The highest BCUT2D eigenvalue weighted by Crippen LogP contribution is 2.19. The van der Waals surface area contributed by atoms with E-state index in [0.717, 1.165) is 6.07 Å². The van der Waals surface area contributed by atoms with E-state index in [2.05, 4.69) is 5.32 Å². The number of ether oxygens (including phenoxy) is 1. The van der Waals surface area contributed by atoms with Crippen LogP contribution in [0, 0.1) is 5.82 Å². The first kappa shape index (κ1) is 15.9. The van der Waals surface area contributed by atoms with E-state index in [-0.39, 0.29) is 17.1 Å². The van der Waals surface area contributed by atoms with Crippen LogP contribution in [0.4, 0.5) is 4.39 Å². The smallest absolute Gasteiger partial charge is 0.255 e. The predicted octanol–water partition coefficient (Wildman–Crippen LogP) is 2.00. The van der Waals surface area contributed by atoms with Crippen molar-refractivity contribution in [3.05, 3.63) is 34.6 Å². The quantitative estimate of drug-likeness (QED) is 0.842. The predicted molar refractivity (Wildman–Crippen MR) is 70.9 cm³/mol. The lowest BCUT2D eigenvalue weighted by Gasteiger charge is -2.23. The average Bonchev–Trinajstić information content (AvgIpc) is 2.34. The second-order valence-corrected chi connectivity index (χ2v) is 4.93. The molecule has 6 heteroatoms. The van der Waals surface area contributed by atoms with Gasteiger partial charge in [-0.25, -0.2) is 4.39 Å². The van der Waals surface area contributed by atoms with E-state index in [0.29, 0.717) is 13.0 Å². The largest absolute Gasteiger partial charge is 0.388 e. The Balaban J connectivity index is 2.66. The molecule has 1 aromatic rings. The summed E-state index contributed by atoms with van der Waals surface area (Å²) in [4.78, 5) is 11.8. The zero-order chi connectivity index (χ0) is 14.5. The molecule has 0 aliphatic rings. The molecule has 2 N–H and O–H groups in total. The summed E-state index contributed by atoms with van der Waals surface area (Å²) in [5.41, 5.74) is -1.34. The SMILES string of the molecule is COCCC(C)(O)CNC(=O)c1c(F)cccc1Cl. The third-order valence-electron chi connectivity index (χ3n) is 2.66. The van der Waals surface area contributed by atoms with Crippen molar-refractivity contribution >= 4 is 17.5 Å². The Morgan fingerprint density at radius 2 is 2.26 bits per heavy atom. The number of amides is 1. The Morgan fingerprint density at radius 1 is 1.58 bits per heavy atom. The standard InChI is InChI=1S/C13H17ClFNO3/c1-13(18,6-7-19-2)8-16-12(17)11-9(14)4-3-5-10(11)15/h3-5,18H,6-8H2,1-2H3,(H,16,17). The number of hydrogen-bond acceptors (Lipinski definition) is 3. The van der Waals surface area contributed by atoms with Gasteiger partial charge in [0, 0.05) is 26.7 Å². The molecule has 0 aromatic heterocycles. The molecule has 0 spiro atoms. The van der Waals surface area contributed by atoms with Crippen LogP contribution in [-0.2, 0) is 4.74 Å². The van der Waals surface area contributed by atoms with Crippen molar-refractivity contribution in [2.75, 3.05) is 20.3 Å². The molecule has 0 aliphatic heterocycles. The zero-order valence-electron chi connectivity index (χ0n) is 10.9. The number of carbonyl (C=O) groups excluding carboxylic acids is 1. The number of rotatable bonds is 6. The normalized spacial score (nSPS) is 13.9. The topological polar surface area (TPSA) is 58.6 Å². The van der Waals surface area contributed by atoms with Gasteiger partial charge in [-0.3, -0.25) is 4.79 Å². The van der Waals surface area contributed by atoms with Gasteiger partial charge in [0.05, 0.1) is 16.2 Å². The lowest BCUT2D eigenvalue weighted by Crippen LogP contribution is -2.41. The second-order valence-electron chi connectivity index (χ2n) is 4.52. The lowest BCUT2D eigenvalue weighted by molar-refractivity contribution is 0.0243. The van der Waals surface area contributed by atoms with E-state index >= 15 is 0 Å². The highest BCUT2D eigenvalue weighted by molar-refractivity contribution is 6.33. The van der Waals surface area contributed by atoms with Crippen LogP contribution in [0.2, 0.25) is 5.02 Å². The van der Waals surface area contributed by atoms with Gasteiger partial charge in [0.25, 0.3) is 5.91 Å². The van der Waals surface area contributed by atoms with E-state index in [1.165, 1.54) is 19.2 Å². The van der Waals surface area contributed by atoms with Crippen LogP contribution in [0.15, 0.2) is 18.2 Å². The van der Waals surface area contributed by atoms with Crippen molar-refractivity contribution in [2.24, 2.45) is 0 Å². The lowest BCUT2D eigenvalue weighted by atomic mass is 10.0. The molecular weight excluding hydrogens is 273 g/mol. The summed E-state index contributed by atoms with van der Waals surface area (Å²) < 4.78 is 18.3. The van der Waals surface area contributed by atoms with Crippen LogP contribution in [-0.4, -0.2) is 36.9 Å². The van der Waals surface area contributed by atoms with Crippen molar-refractivity contribution < 1.29 is 19.0 Å². The minimum atomic E-state index is -1.12. The minimum absolute atomic E-state index is 0.0140. The first-order valence-electron chi connectivity index (χ1n) is 5.81. The fourth-order valence-corrected chi connectivity index (χ4v) is 1.73. The fraction of sp³-hybridized carbons (Fsp3) is 0.462. The van der Waals surface area contributed by atoms with Gasteiger partial charge in [0.1, 0.15) is 5.82 Å². The maximum absolute atomic E-state index is 13.5. The van der Waals surface area contributed by atoms with Crippen LogP contribution in [0.1, 0.15) is 23.7 Å². The molecule has 106 valence electrons. The number of methoxy groups -OCH3 is 1. The van der Waals surface area contributed by atoms with Crippen LogP contribution in [0.3, 0.4) is 0 Å². The molecule has 19 heavy (non-hydrogen) atoms. The van der Waals surface area contributed by atoms with Crippen LogP contribution >= 0.6 is 11.6 Å². The summed E-state index contributed by atoms with van der Waals surface area (Å²) in [5, 5.41) is 12.5. The van der Waals surface area contributed by atoms with Gasteiger partial charge < -0.3 is 15.2 Å². The van der Waals surface area contributed by atoms with Crippen molar-refractivity contribution in [3.63, 3.8) is 0 Å². The highest BCUT2D eigenvalue weighted by Gasteiger charge is 2.23. The molecule has 0 fully saturated rings. The molecule has 4 nitrogen and oxygen atoms in total. The molecule has 1 aromatic carbocycles. The molecule has 0 aliphatic carbocycles.